The lowest BCUT2D eigenvalue weighted by atomic mass is 10.1. The number of thiazole rings is 1. The molecule has 5 rings (SSSR count). The maximum Gasteiger partial charge on any atom is 0.239 e. The zero-order valence-electron chi connectivity index (χ0n) is 18.1. The van der Waals surface area contributed by atoms with Crippen LogP contribution >= 0.6 is 23.1 Å². The predicted molar refractivity (Wildman–Crippen MR) is 131 cm³/mol. The highest BCUT2D eigenvalue weighted by molar-refractivity contribution is 7.98. The summed E-state index contributed by atoms with van der Waals surface area (Å²) < 4.78 is 5.66. The molecule has 4 aromatic rings. The number of aryl methyl sites for hydroxylation is 1. The first-order chi connectivity index (χ1) is 16.6. The lowest BCUT2D eigenvalue weighted by Crippen LogP contribution is -2.51. The zero-order valence-corrected chi connectivity index (χ0v) is 19.7. The predicted octanol–water partition coefficient (Wildman–Crippen LogP) is 5.06. The van der Waals surface area contributed by atoms with E-state index in [-0.39, 0.29) is 5.69 Å². The van der Waals surface area contributed by atoms with Crippen LogP contribution in [-0.2, 0) is 5.75 Å². The molecule has 0 amide bonds. The number of aliphatic hydroxyl groups is 1. The van der Waals surface area contributed by atoms with E-state index >= 15 is 0 Å². The Balaban J connectivity index is 1.50. The van der Waals surface area contributed by atoms with Gasteiger partial charge in [0.05, 0.1) is 23.9 Å². The van der Waals surface area contributed by atoms with Gasteiger partial charge in [-0.15, -0.1) is 11.3 Å². The number of pyridine rings is 1. The van der Waals surface area contributed by atoms with Gasteiger partial charge < -0.3 is 14.4 Å². The average Bonchev–Trinajstić information content (AvgIpc) is 3.52. The van der Waals surface area contributed by atoms with E-state index in [1.54, 1.807) is 12.5 Å². The summed E-state index contributed by atoms with van der Waals surface area (Å²) in [4.78, 5) is 19.2. The van der Waals surface area contributed by atoms with Gasteiger partial charge in [0.25, 0.3) is 0 Å². The van der Waals surface area contributed by atoms with Crippen LogP contribution in [0.4, 0.5) is 11.5 Å². The smallest absolute Gasteiger partial charge is 0.239 e. The maximum absolute atomic E-state index is 10.0. The molecule has 0 saturated carbocycles. The molecule has 0 spiro atoms. The Morgan fingerprint density at radius 2 is 2.12 bits per heavy atom. The van der Waals surface area contributed by atoms with Gasteiger partial charge in [-0.2, -0.15) is 5.26 Å². The van der Waals surface area contributed by atoms with Gasteiger partial charge in [0, 0.05) is 41.5 Å². The Hall–Kier alpha value is -3.70. The fourth-order valence-electron chi connectivity index (χ4n) is 3.60. The van der Waals surface area contributed by atoms with Crippen molar-refractivity contribution in [1.82, 2.24) is 15.0 Å². The molecular weight excluding hydrogens is 468 g/mol. The molecule has 0 unspecified atom stereocenters. The molecule has 168 valence electrons. The summed E-state index contributed by atoms with van der Waals surface area (Å²) in [6.45, 7) is 10.6. The van der Waals surface area contributed by atoms with Gasteiger partial charge in [-0.05, 0) is 19.1 Å². The Kier molecular flexibility index (Phi) is 6.03. The lowest BCUT2D eigenvalue weighted by Gasteiger charge is -2.38. The molecule has 1 saturated heterocycles. The van der Waals surface area contributed by atoms with E-state index in [1.807, 2.05) is 41.5 Å². The molecule has 8 nitrogen and oxygen atoms in total. The van der Waals surface area contributed by atoms with Gasteiger partial charge in [-0.1, -0.05) is 29.5 Å². The van der Waals surface area contributed by atoms with Crippen LogP contribution < -0.4 is 4.90 Å². The Bertz CT molecular complexity index is 1410. The summed E-state index contributed by atoms with van der Waals surface area (Å²) in [5.41, 5.74) is 3.86. The number of rotatable bonds is 6. The summed E-state index contributed by atoms with van der Waals surface area (Å²) in [5.74, 6) is 1.44. The van der Waals surface area contributed by atoms with Crippen molar-refractivity contribution in [3.8, 4) is 28.1 Å². The minimum atomic E-state index is -0.453. The Morgan fingerprint density at radius 1 is 1.32 bits per heavy atom. The van der Waals surface area contributed by atoms with Crippen LogP contribution in [0, 0.1) is 24.8 Å². The first-order valence-corrected chi connectivity index (χ1v) is 12.3. The van der Waals surface area contributed by atoms with Crippen LogP contribution in [-0.4, -0.2) is 39.3 Å². The third-order valence-electron chi connectivity index (χ3n) is 5.36. The monoisotopic (exact) mass is 486 g/mol. The highest BCUT2D eigenvalue weighted by Crippen LogP contribution is 2.45. The molecule has 1 aliphatic rings. The first kappa shape index (κ1) is 22.1. The van der Waals surface area contributed by atoms with Gasteiger partial charge in [-0.3, -0.25) is 0 Å². The Labute approximate surface area is 204 Å². The number of nitriles is 1. The molecule has 0 bridgehead atoms. The van der Waals surface area contributed by atoms with Crippen molar-refractivity contribution in [3.05, 3.63) is 70.3 Å². The first-order valence-electron chi connectivity index (χ1n) is 10.4. The topological polar surface area (TPSA) is 103 Å². The largest absolute Gasteiger partial charge is 0.444 e. The molecule has 1 fully saturated rings. The van der Waals surface area contributed by atoms with E-state index < -0.39 is 6.10 Å². The number of anilines is 1. The number of β-amino-alcohol motifs (C(OH)–C–C–N with tert-alkyl or cyclic N) is 1. The van der Waals surface area contributed by atoms with Crippen molar-refractivity contribution < 1.29 is 9.52 Å². The van der Waals surface area contributed by atoms with Crippen molar-refractivity contribution in [2.45, 2.75) is 23.8 Å². The second-order valence-electron chi connectivity index (χ2n) is 7.76. The molecular formula is C24H18N6O2S2. The summed E-state index contributed by atoms with van der Waals surface area (Å²) in [5, 5.41) is 22.7. The minimum absolute atomic E-state index is 0.283. The van der Waals surface area contributed by atoms with Crippen LogP contribution in [0.25, 0.3) is 26.9 Å². The maximum atomic E-state index is 10.0. The summed E-state index contributed by atoms with van der Waals surface area (Å²) in [6, 6.07) is 10.2. The molecule has 0 aliphatic carbocycles. The lowest BCUT2D eigenvalue weighted by molar-refractivity contribution is 0.141. The number of benzene rings is 1. The number of oxazole rings is 1. The van der Waals surface area contributed by atoms with Crippen LogP contribution in [0.3, 0.4) is 0 Å². The molecule has 10 heteroatoms. The number of thioether (sulfide) groups is 1. The molecule has 1 N–H and O–H groups in total. The second kappa shape index (κ2) is 9.27. The quantitative estimate of drug-likeness (QED) is 0.298. The molecule has 3 aromatic heterocycles. The van der Waals surface area contributed by atoms with Gasteiger partial charge in [0.1, 0.15) is 28.2 Å². The zero-order chi connectivity index (χ0) is 23.7. The molecule has 0 radical (unpaired) electrons. The van der Waals surface area contributed by atoms with Gasteiger partial charge in [-0.25, -0.2) is 19.8 Å². The minimum Gasteiger partial charge on any atom is -0.444 e. The van der Waals surface area contributed by atoms with E-state index in [0.29, 0.717) is 51.7 Å². The highest BCUT2D eigenvalue weighted by atomic mass is 32.2. The summed E-state index contributed by atoms with van der Waals surface area (Å²) in [6.07, 6.45) is 2.80. The van der Waals surface area contributed by atoms with Crippen molar-refractivity contribution in [3.63, 3.8) is 0 Å². The van der Waals surface area contributed by atoms with Gasteiger partial charge in [0.2, 0.25) is 11.6 Å². The van der Waals surface area contributed by atoms with Crippen molar-refractivity contribution in [2.75, 3.05) is 18.0 Å². The van der Waals surface area contributed by atoms with E-state index in [9.17, 15) is 10.4 Å². The standard InChI is InChI=1S/C24H18N6O2S2/c1-14-3-5-15(6-4-14)22-28-16(12-32-22)13-34-23-18(9-25)19(24-27-7-8-33-24)20(26-2)21(29-23)30-10-17(31)11-30/h3-8,12,17,31H,10-11,13H2,1H3. The third-order valence-corrected chi connectivity index (χ3v) is 7.16. The van der Waals surface area contributed by atoms with E-state index in [0.717, 1.165) is 16.8 Å². The molecule has 1 aliphatic heterocycles. The number of nitrogens with zero attached hydrogens (tertiary/aromatic N) is 6. The summed E-state index contributed by atoms with van der Waals surface area (Å²) >= 11 is 2.73. The molecule has 0 atom stereocenters. The summed E-state index contributed by atoms with van der Waals surface area (Å²) in [7, 11) is 0. The van der Waals surface area contributed by atoms with Crippen molar-refractivity contribution in [2.24, 2.45) is 0 Å². The highest BCUT2D eigenvalue weighted by Gasteiger charge is 2.32. The number of hydrogen-bond acceptors (Lipinski definition) is 9. The third kappa shape index (κ3) is 4.15. The van der Waals surface area contributed by atoms with E-state index in [4.69, 9.17) is 16.0 Å². The van der Waals surface area contributed by atoms with Crippen molar-refractivity contribution in [1.29, 1.82) is 5.26 Å². The second-order valence-corrected chi connectivity index (χ2v) is 9.62. The fraction of sp³-hybridized carbons (Fsp3) is 0.208. The number of aliphatic hydroxyl groups excluding tert-OH is 1. The average molecular weight is 487 g/mol. The van der Waals surface area contributed by atoms with E-state index in [1.165, 1.54) is 23.1 Å². The molecule has 4 heterocycles. The van der Waals surface area contributed by atoms with Gasteiger partial charge in [0.15, 0.2) is 0 Å². The normalized spacial score (nSPS) is 13.4. The molecule has 1 aromatic carbocycles. The molecule has 34 heavy (non-hydrogen) atoms. The number of hydrogen-bond donors (Lipinski definition) is 1. The van der Waals surface area contributed by atoms with Crippen LogP contribution in [0.1, 0.15) is 16.8 Å². The van der Waals surface area contributed by atoms with Crippen LogP contribution in [0.5, 0.6) is 0 Å². The Morgan fingerprint density at radius 3 is 2.76 bits per heavy atom. The van der Waals surface area contributed by atoms with Crippen LogP contribution in [0.15, 0.2) is 51.5 Å². The SMILES string of the molecule is [C-]#[N+]c1c(N2CC(O)C2)nc(SCc2coc(-c3ccc(C)cc3)n2)c(C#N)c1-c1nccs1. The fourth-order valence-corrected chi connectivity index (χ4v) is 5.15. The van der Waals surface area contributed by atoms with Gasteiger partial charge >= 0.3 is 0 Å². The number of aromatic nitrogens is 3. The van der Waals surface area contributed by atoms with E-state index in [2.05, 4.69) is 20.9 Å². The van der Waals surface area contributed by atoms with Crippen molar-refractivity contribution >= 4 is 34.6 Å². The van der Waals surface area contributed by atoms with Crippen LogP contribution in [0.2, 0.25) is 0 Å².